The number of furan rings is 1. The number of hydrogen-bond acceptors (Lipinski definition) is 10. The average molecular weight is 608 g/mol. The fourth-order valence-corrected chi connectivity index (χ4v) is 6.65. The zero-order valence-corrected chi connectivity index (χ0v) is 24.7. The van der Waals surface area contributed by atoms with Crippen molar-refractivity contribution in [2.75, 3.05) is 44.8 Å². The van der Waals surface area contributed by atoms with Crippen LogP contribution < -0.4 is 9.64 Å². The Morgan fingerprint density at radius 2 is 2.00 bits per heavy atom. The third-order valence-electron chi connectivity index (χ3n) is 7.88. The van der Waals surface area contributed by atoms with E-state index in [1.165, 1.54) is 18.4 Å². The van der Waals surface area contributed by atoms with E-state index >= 15 is 0 Å². The number of fused-ring (bicyclic) bond motifs is 2. The summed E-state index contributed by atoms with van der Waals surface area (Å²) in [5, 5.41) is 1.53. The van der Waals surface area contributed by atoms with Crippen molar-refractivity contribution in [1.82, 2.24) is 19.4 Å². The van der Waals surface area contributed by atoms with Gasteiger partial charge in [0.2, 0.25) is 5.88 Å². The Balaban J connectivity index is 0.999. The molecule has 218 valence electrons. The Hall–Kier alpha value is -3.64. The molecule has 10 nitrogen and oxygen atoms in total. The summed E-state index contributed by atoms with van der Waals surface area (Å²) in [5.41, 5.74) is 2.63. The predicted molar refractivity (Wildman–Crippen MR) is 161 cm³/mol. The van der Waals surface area contributed by atoms with Gasteiger partial charge in [0.05, 0.1) is 43.1 Å². The molecule has 5 aromatic rings. The van der Waals surface area contributed by atoms with Gasteiger partial charge in [-0.1, -0.05) is 23.7 Å². The number of pyridine rings is 1. The number of carbonyl (C=O) groups excluding carboxylic acids is 1. The molecule has 1 unspecified atom stereocenters. The minimum atomic E-state index is -0.329. The SMILES string of the molecule is COC(=O)c1cc2c(nc(CN3CCN(c4cccc(OCc5ccc(Cl)c6ccoc56)n4)CC3)n2CC2CCO2)s1. The molecule has 1 aromatic carbocycles. The third kappa shape index (κ3) is 5.33. The second-order valence-electron chi connectivity index (χ2n) is 10.5. The second-order valence-corrected chi connectivity index (χ2v) is 11.9. The highest BCUT2D eigenvalue weighted by atomic mass is 35.5. The van der Waals surface area contributed by atoms with Crippen molar-refractivity contribution in [1.29, 1.82) is 0 Å². The predicted octanol–water partition coefficient (Wildman–Crippen LogP) is 5.37. The van der Waals surface area contributed by atoms with E-state index < -0.39 is 0 Å². The highest BCUT2D eigenvalue weighted by Gasteiger charge is 2.26. The molecule has 42 heavy (non-hydrogen) atoms. The molecule has 1 atom stereocenters. The minimum Gasteiger partial charge on any atom is -0.473 e. The minimum absolute atomic E-state index is 0.185. The highest BCUT2D eigenvalue weighted by Crippen LogP contribution is 2.30. The number of piperazine rings is 1. The zero-order valence-electron chi connectivity index (χ0n) is 23.1. The molecule has 4 aromatic heterocycles. The van der Waals surface area contributed by atoms with Gasteiger partial charge in [0.15, 0.2) is 0 Å². The molecule has 2 fully saturated rings. The van der Waals surface area contributed by atoms with Crippen LogP contribution in [-0.4, -0.2) is 71.4 Å². The smallest absolute Gasteiger partial charge is 0.348 e. The largest absolute Gasteiger partial charge is 0.473 e. The molecule has 6 heterocycles. The maximum absolute atomic E-state index is 12.1. The maximum atomic E-state index is 12.1. The van der Waals surface area contributed by atoms with Crippen LogP contribution in [0.25, 0.3) is 21.3 Å². The zero-order chi connectivity index (χ0) is 28.6. The van der Waals surface area contributed by atoms with Crippen LogP contribution in [0.15, 0.2) is 53.1 Å². The number of nitrogens with zero attached hydrogens (tertiary/aromatic N) is 5. The molecule has 0 N–H and O–H groups in total. The van der Waals surface area contributed by atoms with E-state index in [0.717, 1.165) is 90.8 Å². The Bertz CT molecular complexity index is 1740. The van der Waals surface area contributed by atoms with Gasteiger partial charge in [-0.05, 0) is 30.7 Å². The molecule has 0 radical (unpaired) electrons. The Labute approximate surface area is 251 Å². The van der Waals surface area contributed by atoms with Crippen molar-refractivity contribution in [3.63, 3.8) is 0 Å². The lowest BCUT2D eigenvalue weighted by Gasteiger charge is -2.35. The molecule has 0 saturated carbocycles. The molecule has 0 spiro atoms. The van der Waals surface area contributed by atoms with Gasteiger partial charge >= 0.3 is 5.97 Å². The Morgan fingerprint density at radius 3 is 2.79 bits per heavy atom. The number of rotatable bonds is 9. The van der Waals surface area contributed by atoms with Crippen molar-refractivity contribution < 1.29 is 23.4 Å². The van der Waals surface area contributed by atoms with Crippen LogP contribution in [0, 0.1) is 0 Å². The summed E-state index contributed by atoms with van der Waals surface area (Å²) in [4.78, 5) is 27.9. The van der Waals surface area contributed by atoms with Gasteiger partial charge < -0.3 is 28.1 Å². The summed E-state index contributed by atoms with van der Waals surface area (Å²) in [6.07, 6.45) is 2.86. The molecule has 0 amide bonds. The standard InChI is InChI=1S/C30H30ClN5O5S/c1-38-30(37)24-15-23-29(42-24)33-26(36(23)16-20-7-13-39-20)17-34-9-11-35(12-10-34)25-3-2-4-27(32-25)41-18-19-5-6-22(31)21-8-14-40-28(19)21/h2-6,8,14-15,20H,7,9-13,16-18H2,1H3. The van der Waals surface area contributed by atoms with E-state index in [4.69, 9.17) is 40.2 Å². The van der Waals surface area contributed by atoms with Gasteiger partial charge in [-0.2, -0.15) is 4.98 Å². The molecule has 0 aliphatic carbocycles. The summed E-state index contributed by atoms with van der Waals surface area (Å²) in [5.74, 6) is 2.13. The maximum Gasteiger partial charge on any atom is 0.348 e. The summed E-state index contributed by atoms with van der Waals surface area (Å²) < 4.78 is 24.5. The second kappa shape index (κ2) is 11.6. The molecular formula is C30H30ClN5O5S. The van der Waals surface area contributed by atoms with Crippen LogP contribution in [-0.2, 0) is 29.2 Å². The Kier molecular flexibility index (Phi) is 7.49. The molecule has 2 saturated heterocycles. The van der Waals surface area contributed by atoms with Crippen molar-refractivity contribution in [2.24, 2.45) is 0 Å². The van der Waals surface area contributed by atoms with Crippen molar-refractivity contribution >= 4 is 56.0 Å². The number of carbonyl (C=O) groups is 1. The van der Waals surface area contributed by atoms with E-state index in [2.05, 4.69) is 14.4 Å². The lowest BCUT2D eigenvalue weighted by atomic mass is 10.1. The van der Waals surface area contributed by atoms with Gasteiger partial charge in [0, 0.05) is 49.8 Å². The number of halogens is 1. The Morgan fingerprint density at radius 1 is 1.14 bits per heavy atom. The first-order valence-corrected chi connectivity index (χ1v) is 15.2. The quantitative estimate of drug-likeness (QED) is 0.205. The highest BCUT2D eigenvalue weighted by molar-refractivity contribution is 7.20. The molecular weight excluding hydrogens is 578 g/mol. The van der Waals surface area contributed by atoms with Gasteiger partial charge in [-0.3, -0.25) is 4.90 Å². The van der Waals surface area contributed by atoms with Gasteiger partial charge in [-0.25, -0.2) is 9.78 Å². The molecule has 0 bridgehead atoms. The first-order chi connectivity index (χ1) is 20.6. The number of imidazole rings is 1. The summed E-state index contributed by atoms with van der Waals surface area (Å²) >= 11 is 7.65. The first kappa shape index (κ1) is 27.2. The van der Waals surface area contributed by atoms with Crippen LogP contribution in [0.1, 0.15) is 27.5 Å². The number of benzene rings is 1. The summed E-state index contributed by atoms with van der Waals surface area (Å²) in [6, 6.07) is 13.4. The normalized spacial score (nSPS) is 17.6. The van der Waals surface area contributed by atoms with Gasteiger partial charge in [0.25, 0.3) is 0 Å². The van der Waals surface area contributed by atoms with Crippen LogP contribution in [0.3, 0.4) is 0 Å². The van der Waals surface area contributed by atoms with Crippen molar-refractivity contribution in [2.45, 2.75) is 32.2 Å². The molecule has 12 heteroatoms. The van der Waals surface area contributed by atoms with Crippen LogP contribution >= 0.6 is 22.9 Å². The number of hydrogen-bond donors (Lipinski definition) is 0. The average Bonchev–Trinajstić information content (AvgIpc) is 3.71. The number of esters is 1. The lowest BCUT2D eigenvalue weighted by Crippen LogP contribution is -2.46. The summed E-state index contributed by atoms with van der Waals surface area (Å²) in [7, 11) is 1.40. The van der Waals surface area contributed by atoms with Crippen LogP contribution in [0.5, 0.6) is 5.88 Å². The fraction of sp³-hybridized carbons (Fsp3) is 0.367. The molecule has 7 rings (SSSR count). The van der Waals surface area contributed by atoms with E-state index in [-0.39, 0.29) is 12.1 Å². The van der Waals surface area contributed by atoms with Gasteiger partial charge in [0.1, 0.15) is 33.5 Å². The van der Waals surface area contributed by atoms with E-state index in [1.54, 1.807) is 6.26 Å². The number of aromatic nitrogens is 3. The van der Waals surface area contributed by atoms with Gasteiger partial charge in [-0.15, -0.1) is 11.3 Å². The van der Waals surface area contributed by atoms with E-state index in [1.807, 2.05) is 42.5 Å². The van der Waals surface area contributed by atoms with E-state index in [0.29, 0.717) is 22.4 Å². The monoisotopic (exact) mass is 607 g/mol. The van der Waals surface area contributed by atoms with E-state index in [9.17, 15) is 4.79 Å². The molecule has 2 aliphatic rings. The third-order valence-corrected chi connectivity index (χ3v) is 9.21. The van der Waals surface area contributed by atoms with Crippen LogP contribution in [0.4, 0.5) is 5.82 Å². The van der Waals surface area contributed by atoms with Crippen molar-refractivity contribution in [3.8, 4) is 5.88 Å². The molecule has 2 aliphatic heterocycles. The van der Waals surface area contributed by atoms with Crippen molar-refractivity contribution in [3.05, 3.63) is 70.0 Å². The van der Waals surface area contributed by atoms with Crippen LogP contribution in [0.2, 0.25) is 5.02 Å². The summed E-state index contributed by atoms with van der Waals surface area (Å²) in [6.45, 7) is 6.04. The number of methoxy groups -OCH3 is 1. The lowest BCUT2D eigenvalue weighted by molar-refractivity contribution is -0.0592. The topological polar surface area (TPSA) is 95.1 Å². The number of anilines is 1. The number of thiophene rings is 1. The first-order valence-electron chi connectivity index (χ1n) is 14.0. The fourth-order valence-electron chi connectivity index (χ4n) is 5.47. The number of ether oxygens (including phenoxy) is 3.